The van der Waals surface area contributed by atoms with Gasteiger partial charge in [0.15, 0.2) is 9.84 Å². The molecule has 1 unspecified atom stereocenters. The van der Waals surface area contributed by atoms with Crippen molar-refractivity contribution in [3.8, 4) is 0 Å². The Balaban J connectivity index is 1.47. The van der Waals surface area contributed by atoms with Gasteiger partial charge in [0.25, 0.3) is 0 Å². The van der Waals surface area contributed by atoms with E-state index >= 15 is 0 Å². The van der Waals surface area contributed by atoms with E-state index in [0.717, 1.165) is 24.5 Å². The molecule has 0 saturated carbocycles. The van der Waals surface area contributed by atoms with Crippen LogP contribution in [0, 0.1) is 5.92 Å². The van der Waals surface area contributed by atoms with E-state index in [1.54, 1.807) is 24.3 Å². The summed E-state index contributed by atoms with van der Waals surface area (Å²) in [6, 6.07) is 24.7. The number of halogens is 2. The summed E-state index contributed by atoms with van der Waals surface area (Å²) in [4.78, 5) is 2.75. The summed E-state index contributed by atoms with van der Waals surface area (Å²) in [5.74, 6) is 0.317. The Labute approximate surface area is 188 Å². The summed E-state index contributed by atoms with van der Waals surface area (Å²) >= 11 is 12.1. The smallest absolute Gasteiger partial charge is 0.178 e. The first-order valence-corrected chi connectivity index (χ1v) is 12.3. The average Bonchev–Trinajstić information content (AvgIpc) is 2.72. The predicted molar refractivity (Wildman–Crippen MR) is 123 cm³/mol. The minimum atomic E-state index is -3.26. The van der Waals surface area contributed by atoms with E-state index in [4.69, 9.17) is 23.2 Å². The zero-order valence-electron chi connectivity index (χ0n) is 16.4. The van der Waals surface area contributed by atoms with Crippen molar-refractivity contribution in [2.24, 2.45) is 5.92 Å². The molecule has 1 heterocycles. The lowest BCUT2D eigenvalue weighted by Crippen LogP contribution is -2.51. The highest BCUT2D eigenvalue weighted by molar-refractivity contribution is 7.91. The highest BCUT2D eigenvalue weighted by atomic mass is 35.5. The number of rotatable bonds is 7. The molecule has 0 spiro atoms. The van der Waals surface area contributed by atoms with Gasteiger partial charge in [0, 0.05) is 29.2 Å². The van der Waals surface area contributed by atoms with Crippen LogP contribution < -0.4 is 0 Å². The molecule has 1 fully saturated rings. The molecule has 3 nitrogen and oxygen atoms in total. The predicted octanol–water partition coefficient (Wildman–Crippen LogP) is 5.68. The number of nitrogens with zero attached hydrogens (tertiary/aromatic N) is 1. The second-order valence-corrected chi connectivity index (χ2v) is 10.7. The van der Waals surface area contributed by atoms with Crippen LogP contribution in [0.3, 0.4) is 0 Å². The number of hydrogen-bond acceptors (Lipinski definition) is 3. The molecule has 1 atom stereocenters. The number of benzene rings is 3. The van der Waals surface area contributed by atoms with Crippen LogP contribution in [0.15, 0.2) is 83.8 Å². The molecule has 0 aliphatic carbocycles. The maximum absolute atomic E-state index is 12.7. The minimum absolute atomic E-state index is 0.134. The molecule has 1 saturated heterocycles. The van der Waals surface area contributed by atoms with Crippen LogP contribution >= 0.6 is 23.2 Å². The SMILES string of the molecule is O=S(=O)(CC1CN(C(Cc2ccc(Cl)cc2)c2ccc(Cl)cc2)C1)c1ccccc1. The van der Waals surface area contributed by atoms with Crippen molar-refractivity contribution in [1.82, 2.24) is 4.90 Å². The van der Waals surface area contributed by atoms with Gasteiger partial charge in [-0.1, -0.05) is 65.7 Å². The van der Waals surface area contributed by atoms with E-state index in [2.05, 4.69) is 17.0 Å². The van der Waals surface area contributed by atoms with E-state index in [1.807, 2.05) is 42.5 Å². The maximum atomic E-state index is 12.7. The van der Waals surface area contributed by atoms with Crippen LogP contribution in [-0.2, 0) is 16.3 Å². The Hall–Kier alpha value is -1.85. The molecule has 30 heavy (non-hydrogen) atoms. The normalized spacial score (nSPS) is 16.2. The van der Waals surface area contributed by atoms with Crippen molar-refractivity contribution >= 4 is 33.0 Å². The molecular formula is C24H23Cl2NO2S. The van der Waals surface area contributed by atoms with Crippen LogP contribution in [0.2, 0.25) is 10.0 Å². The topological polar surface area (TPSA) is 37.4 Å². The average molecular weight is 460 g/mol. The van der Waals surface area contributed by atoms with E-state index in [-0.39, 0.29) is 17.7 Å². The van der Waals surface area contributed by atoms with E-state index in [0.29, 0.717) is 9.92 Å². The Kier molecular flexibility index (Phi) is 6.49. The van der Waals surface area contributed by atoms with Gasteiger partial charge < -0.3 is 0 Å². The zero-order chi connectivity index (χ0) is 21.1. The summed E-state index contributed by atoms with van der Waals surface area (Å²) in [6.45, 7) is 1.51. The van der Waals surface area contributed by atoms with Gasteiger partial charge in [-0.05, 0) is 59.9 Å². The molecule has 0 radical (unpaired) electrons. The molecule has 1 aliphatic heterocycles. The zero-order valence-corrected chi connectivity index (χ0v) is 18.7. The van der Waals surface area contributed by atoms with E-state index in [1.165, 1.54) is 11.1 Å². The van der Waals surface area contributed by atoms with Crippen molar-refractivity contribution in [3.63, 3.8) is 0 Å². The van der Waals surface area contributed by atoms with Crippen LogP contribution in [0.1, 0.15) is 17.2 Å². The first kappa shape index (κ1) is 21.4. The highest BCUT2D eigenvalue weighted by Gasteiger charge is 2.36. The fourth-order valence-corrected chi connectivity index (χ4v) is 5.84. The lowest BCUT2D eigenvalue weighted by Gasteiger charge is -2.44. The van der Waals surface area contributed by atoms with Gasteiger partial charge in [-0.2, -0.15) is 0 Å². The van der Waals surface area contributed by atoms with Gasteiger partial charge in [0.05, 0.1) is 10.6 Å². The summed E-state index contributed by atoms with van der Waals surface area (Å²) in [5, 5.41) is 1.43. The molecular weight excluding hydrogens is 437 g/mol. The number of sulfone groups is 1. The molecule has 3 aromatic rings. The van der Waals surface area contributed by atoms with Gasteiger partial charge in [0.1, 0.15) is 0 Å². The fraction of sp³-hybridized carbons (Fsp3) is 0.250. The van der Waals surface area contributed by atoms with E-state index in [9.17, 15) is 8.42 Å². The van der Waals surface area contributed by atoms with Crippen LogP contribution in [0.5, 0.6) is 0 Å². The third-order valence-electron chi connectivity index (χ3n) is 5.58. The molecule has 1 aliphatic rings. The molecule has 6 heteroatoms. The monoisotopic (exact) mass is 459 g/mol. The lowest BCUT2D eigenvalue weighted by molar-refractivity contribution is 0.0631. The van der Waals surface area contributed by atoms with Crippen molar-refractivity contribution in [1.29, 1.82) is 0 Å². The van der Waals surface area contributed by atoms with Gasteiger partial charge >= 0.3 is 0 Å². The van der Waals surface area contributed by atoms with Crippen molar-refractivity contribution in [2.45, 2.75) is 17.4 Å². The van der Waals surface area contributed by atoms with Gasteiger partial charge in [-0.15, -0.1) is 0 Å². The quantitative estimate of drug-likeness (QED) is 0.455. The molecule has 3 aromatic carbocycles. The summed E-state index contributed by atoms with van der Waals surface area (Å²) < 4.78 is 25.4. The van der Waals surface area contributed by atoms with Gasteiger partial charge in [-0.3, -0.25) is 4.90 Å². The van der Waals surface area contributed by atoms with E-state index < -0.39 is 9.84 Å². The highest BCUT2D eigenvalue weighted by Crippen LogP contribution is 2.33. The molecule has 0 amide bonds. The Morgan fingerprint density at radius 3 is 2.00 bits per heavy atom. The minimum Gasteiger partial charge on any atom is -0.295 e. The van der Waals surface area contributed by atoms with Crippen molar-refractivity contribution in [2.75, 3.05) is 18.8 Å². The van der Waals surface area contributed by atoms with Crippen LogP contribution in [-0.4, -0.2) is 32.2 Å². The standard InChI is InChI=1S/C24H23Cl2NO2S/c25-21-10-6-18(7-11-21)14-24(20-8-12-22(26)13-9-20)27-15-19(16-27)17-30(28,29)23-4-2-1-3-5-23/h1-13,19,24H,14-17H2. The van der Waals surface area contributed by atoms with Gasteiger partial charge in [-0.25, -0.2) is 8.42 Å². The van der Waals surface area contributed by atoms with Crippen molar-refractivity contribution < 1.29 is 8.42 Å². The maximum Gasteiger partial charge on any atom is 0.178 e. The Bertz CT molecular complexity index is 1080. The molecule has 156 valence electrons. The third kappa shape index (κ3) is 5.06. The summed E-state index contributed by atoms with van der Waals surface area (Å²) in [6.07, 6.45) is 0.830. The third-order valence-corrected chi connectivity index (χ3v) is 7.99. The fourth-order valence-electron chi connectivity index (χ4n) is 3.99. The lowest BCUT2D eigenvalue weighted by atomic mass is 9.91. The molecule has 4 rings (SSSR count). The first-order valence-electron chi connectivity index (χ1n) is 9.92. The second kappa shape index (κ2) is 9.11. The Morgan fingerprint density at radius 1 is 0.833 bits per heavy atom. The Morgan fingerprint density at radius 2 is 1.40 bits per heavy atom. The number of hydrogen-bond donors (Lipinski definition) is 0. The summed E-state index contributed by atoms with van der Waals surface area (Å²) in [5.41, 5.74) is 2.37. The molecule has 0 aromatic heterocycles. The van der Waals surface area contributed by atoms with Crippen LogP contribution in [0.4, 0.5) is 0 Å². The van der Waals surface area contributed by atoms with Crippen molar-refractivity contribution in [3.05, 3.63) is 100 Å². The van der Waals surface area contributed by atoms with Crippen LogP contribution in [0.25, 0.3) is 0 Å². The number of likely N-dealkylation sites (tertiary alicyclic amines) is 1. The second-order valence-electron chi connectivity index (χ2n) is 7.81. The molecule has 0 bridgehead atoms. The largest absolute Gasteiger partial charge is 0.295 e. The first-order chi connectivity index (χ1) is 14.4. The van der Waals surface area contributed by atoms with Gasteiger partial charge in [0.2, 0.25) is 0 Å². The summed E-state index contributed by atoms with van der Waals surface area (Å²) in [7, 11) is -3.26. The molecule has 0 N–H and O–H groups in total.